The third kappa shape index (κ3) is 2.99. The maximum absolute atomic E-state index is 6.36. The zero-order valence-electron chi connectivity index (χ0n) is 18.2. The second-order valence-electron chi connectivity index (χ2n) is 9.21. The Balaban J connectivity index is 1.56. The molecule has 4 heterocycles. The zero-order valence-corrected chi connectivity index (χ0v) is 18.2. The molecule has 0 saturated heterocycles. The minimum absolute atomic E-state index is 0.00194. The molecule has 6 rings (SSSR count). The molecule has 4 heteroatoms. The van der Waals surface area contributed by atoms with Gasteiger partial charge in [0.25, 0.3) is 0 Å². The molecule has 32 heavy (non-hydrogen) atoms. The van der Waals surface area contributed by atoms with E-state index in [-0.39, 0.29) is 5.41 Å². The quantitative estimate of drug-likeness (QED) is 0.288. The fourth-order valence-electron chi connectivity index (χ4n) is 4.36. The smallest absolute Gasteiger partial charge is 0.161 e. The van der Waals surface area contributed by atoms with Crippen molar-refractivity contribution in [3.63, 3.8) is 0 Å². The standard InChI is InChI=1S/C28H22N2O2/c1-28(2,3)22-13-19(12-17-6-4-5-7-21(17)22)26-27-18(8-10-29-26)14-24(32-27)20-15-25-23(30-16-20)9-11-31-25/h4-16H,1-3H3. The van der Waals surface area contributed by atoms with Gasteiger partial charge in [0.2, 0.25) is 0 Å². The number of aromatic nitrogens is 2. The molecule has 0 atom stereocenters. The lowest BCUT2D eigenvalue weighted by Gasteiger charge is -2.22. The predicted molar refractivity (Wildman–Crippen MR) is 129 cm³/mol. The summed E-state index contributed by atoms with van der Waals surface area (Å²) in [7, 11) is 0. The van der Waals surface area contributed by atoms with Gasteiger partial charge in [-0.15, -0.1) is 0 Å². The fraction of sp³-hybridized carbons (Fsp3) is 0.143. The van der Waals surface area contributed by atoms with Gasteiger partial charge in [0, 0.05) is 35.0 Å². The maximum Gasteiger partial charge on any atom is 0.161 e. The van der Waals surface area contributed by atoms with Crippen molar-refractivity contribution in [2.45, 2.75) is 26.2 Å². The van der Waals surface area contributed by atoms with E-state index in [1.165, 1.54) is 16.3 Å². The summed E-state index contributed by atoms with van der Waals surface area (Å²) in [4.78, 5) is 9.20. The molecule has 0 unspecified atom stereocenters. The number of rotatable bonds is 2. The summed E-state index contributed by atoms with van der Waals surface area (Å²) >= 11 is 0. The van der Waals surface area contributed by atoms with E-state index in [1.54, 1.807) is 6.26 Å². The largest absolute Gasteiger partial charge is 0.463 e. The van der Waals surface area contributed by atoms with Gasteiger partial charge >= 0.3 is 0 Å². The van der Waals surface area contributed by atoms with Crippen LogP contribution in [0.2, 0.25) is 0 Å². The Labute approximate surface area is 185 Å². The van der Waals surface area contributed by atoms with Gasteiger partial charge in [-0.3, -0.25) is 9.97 Å². The zero-order chi connectivity index (χ0) is 21.9. The van der Waals surface area contributed by atoms with Crippen LogP contribution < -0.4 is 0 Å². The van der Waals surface area contributed by atoms with Crippen molar-refractivity contribution in [2.24, 2.45) is 0 Å². The molecule has 0 fully saturated rings. The first-order valence-electron chi connectivity index (χ1n) is 10.7. The lowest BCUT2D eigenvalue weighted by atomic mass is 9.82. The van der Waals surface area contributed by atoms with Crippen LogP contribution in [0.1, 0.15) is 26.3 Å². The van der Waals surface area contributed by atoms with Crippen LogP contribution in [0.4, 0.5) is 0 Å². The highest BCUT2D eigenvalue weighted by Crippen LogP contribution is 2.38. The highest BCUT2D eigenvalue weighted by molar-refractivity contribution is 5.97. The minimum atomic E-state index is 0.00194. The average Bonchev–Trinajstić information content (AvgIpc) is 3.43. The first-order valence-corrected chi connectivity index (χ1v) is 10.7. The predicted octanol–water partition coefficient (Wildman–Crippen LogP) is 7.75. The van der Waals surface area contributed by atoms with Crippen molar-refractivity contribution in [1.82, 2.24) is 9.97 Å². The van der Waals surface area contributed by atoms with Gasteiger partial charge in [0.05, 0.1) is 6.26 Å². The van der Waals surface area contributed by atoms with Crippen molar-refractivity contribution >= 4 is 32.8 Å². The molecule has 0 saturated carbocycles. The molecule has 0 aliphatic heterocycles. The Morgan fingerprint density at radius 3 is 2.56 bits per heavy atom. The Kier molecular flexibility index (Phi) is 3.99. The molecule has 156 valence electrons. The number of pyridine rings is 2. The highest BCUT2D eigenvalue weighted by Gasteiger charge is 2.20. The lowest BCUT2D eigenvalue weighted by Crippen LogP contribution is -2.12. The Hall–Kier alpha value is -3.92. The van der Waals surface area contributed by atoms with Gasteiger partial charge in [0.15, 0.2) is 11.2 Å². The number of nitrogens with zero attached hydrogens (tertiary/aromatic N) is 2. The number of furan rings is 2. The van der Waals surface area contributed by atoms with Crippen LogP contribution in [-0.4, -0.2) is 9.97 Å². The molecule has 2 aromatic carbocycles. The van der Waals surface area contributed by atoms with E-state index >= 15 is 0 Å². The lowest BCUT2D eigenvalue weighted by molar-refractivity contribution is 0.596. The molecule has 0 bridgehead atoms. The van der Waals surface area contributed by atoms with E-state index in [2.05, 4.69) is 62.2 Å². The summed E-state index contributed by atoms with van der Waals surface area (Å²) in [5.74, 6) is 0.747. The SMILES string of the molecule is CC(C)(C)c1cc(-c2nccc3cc(-c4cnc5ccoc5c4)oc23)cc2ccccc12. The van der Waals surface area contributed by atoms with Gasteiger partial charge in [-0.05, 0) is 52.1 Å². The van der Waals surface area contributed by atoms with Crippen LogP contribution in [0.25, 0.3) is 55.4 Å². The Morgan fingerprint density at radius 1 is 0.812 bits per heavy atom. The van der Waals surface area contributed by atoms with Crippen molar-refractivity contribution < 1.29 is 8.83 Å². The van der Waals surface area contributed by atoms with Crippen molar-refractivity contribution in [3.05, 3.63) is 84.9 Å². The van der Waals surface area contributed by atoms with Crippen molar-refractivity contribution in [3.8, 4) is 22.6 Å². The summed E-state index contributed by atoms with van der Waals surface area (Å²) in [5.41, 5.74) is 6.42. The van der Waals surface area contributed by atoms with E-state index in [4.69, 9.17) is 13.8 Å². The third-order valence-electron chi connectivity index (χ3n) is 5.96. The minimum Gasteiger partial charge on any atom is -0.463 e. The van der Waals surface area contributed by atoms with Gasteiger partial charge in [-0.1, -0.05) is 45.0 Å². The Morgan fingerprint density at radius 2 is 1.69 bits per heavy atom. The highest BCUT2D eigenvalue weighted by atomic mass is 16.3. The molecule has 0 radical (unpaired) electrons. The molecule has 4 nitrogen and oxygen atoms in total. The van der Waals surface area contributed by atoms with Crippen LogP contribution >= 0.6 is 0 Å². The topological polar surface area (TPSA) is 52.1 Å². The number of hydrogen-bond donors (Lipinski definition) is 0. The van der Waals surface area contributed by atoms with Gasteiger partial charge < -0.3 is 8.83 Å². The molecule has 0 N–H and O–H groups in total. The monoisotopic (exact) mass is 418 g/mol. The van der Waals surface area contributed by atoms with Gasteiger partial charge in [-0.2, -0.15) is 0 Å². The fourth-order valence-corrected chi connectivity index (χ4v) is 4.36. The summed E-state index contributed by atoms with van der Waals surface area (Å²) in [6.45, 7) is 6.74. The van der Waals surface area contributed by atoms with Gasteiger partial charge in [0.1, 0.15) is 17.0 Å². The molecule has 0 aliphatic carbocycles. The Bertz CT molecular complexity index is 1620. The van der Waals surface area contributed by atoms with Crippen LogP contribution in [0.5, 0.6) is 0 Å². The second kappa shape index (κ2) is 6.79. The summed E-state index contributed by atoms with van der Waals surface area (Å²) in [5, 5.41) is 3.48. The summed E-state index contributed by atoms with van der Waals surface area (Å²) in [6.07, 6.45) is 5.31. The third-order valence-corrected chi connectivity index (χ3v) is 5.96. The van der Waals surface area contributed by atoms with Crippen LogP contribution in [-0.2, 0) is 5.41 Å². The van der Waals surface area contributed by atoms with Gasteiger partial charge in [-0.25, -0.2) is 0 Å². The van der Waals surface area contributed by atoms with Crippen molar-refractivity contribution in [1.29, 1.82) is 0 Å². The van der Waals surface area contributed by atoms with E-state index in [0.717, 1.165) is 44.7 Å². The first-order chi connectivity index (χ1) is 15.5. The molecular weight excluding hydrogens is 396 g/mol. The number of benzene rings is 2. The second-order valence-corrected chi connectivity index (χ2v) is 9.21. The number of fused-ring (bicyclic) bond motifs is 3. The summed E-state index contributed by atoms with van der Waals surface area (Å²) in [6, 6.07) is 20.8. The summed E-state index contributed by atoms with van der Waals surface area (Å²) < 4.78 is 11.9. The molecular formula is C28H22N2O2. The van der Waals surface area contributed by atoms with Crippen LogP contribution in [0.3, 0.4) is 0 Å². The molecule has 6 aromatic rings. The molecule has 0 aliphatic rings. The van der Waals surface area contributed by atoms with E-state index in [1.807, 2.05) is 36.7 Å². The van der Waals surface area contributed by atoms with E-state index in [0.29, 0.717) is 0 Å². The van der Waals surface area contributed by atoms with E-state index in [9.17, 15) is 0 Å². The van der Waals surface area contributed by atoms with Crippen LogP contribution in [0.15, 0.2) is 88.2 Å². The normalized spacial score (nSPS) is 12.2. The van der Waals surface area contributed by atoms with Crippen molar-refractivity contribution in [2.75, 3.05) is 0 Å². The molecule has 0 spiro atoms. The molecule has 4 aromatic heterocycles. The average molecular weight is 418 g/mol. The van der Waals surface area contributed by atoms with Crippen LogP contribution in [0, 0.1) is 0 Å². The number of hydrogen-bond acceptors (Lipinski definition) is 4. The molecule has 0 amide bonds. The first kappa shape index (κ1) is 18.8. The van der Waals surface area contributed by atoms with E-state index < -0.39 is 0 Å². The maximum atomic E-state index is 6.36.